The lowest BCUT2D eigenvalue weighted by atomic mass is 9.84. The fourth-order valence-corrected chi connectivity index (χ4v) is 3.67. The van der Waals surface area contributed by atoms with Gasteiger partial charge in [-0.2, -0.15) is 0 Å². The highest BCUT2D eigenvalue weighted by Gasteiger charge is 2.26. The molecule has 1 fully saturated rings. The van der Waals surface area contributed by atoms with Crippen molar-refractivity contribution in [2.45, 2.75) is 45.1 Å². The number of hydrogen-bond donors (Lipinski definition) is 2. The highest BCUT2D eigenvalue weighted by Crippen LogP contribution is 2.26. The van der Waals surface area contributed by atoms with Crippen molar-refractivity contribution in [3.63, 3.8) is 0 Å². The molecule has 0 saturated heterocycles. The first-order chi connectivity index (χ1) is 13.0. The van der Waals surface area contributed by atoms with Crippen molar-refractivity contribution in [1.29, 1.82) is 0 Å². The maximum atomic E-state index is 12.7. The summed E-state index contributed by atoms with van der Waals surface area (Å²) in [5.41, 5.74) is 7.05. The molecule has 1 amide bonds. The minimum Gasteiger partial charge on any atom is -0.346 e. The number of aromatic nitrogens is 3. The first kappa shape index (κ1) is 19.0. The Balaban J connectivity index is 1.78. The van der Waals surface area contributed by atoms with Crippen LogP contribution in [0.5, 0.6) is 0 Å². The number of rotatable bonds is 6. The predicted molar refractivity (Wildman–Crippen MR) is 99.6 cm³/mol. The molecule has 0 radical (unpaired) electrons. The lowest BCUT2D eigenvalue weighted by molar-refractivity contribution is -0.384. The average molecular weight is 372 g/mol. The molecule has 3 N–H and O–H groups in total. The minimum absolute atomic E-state index is 0.0473. The fraction of sp³-hybridized carbons (Fsp3) is 0.500. The number of nitrogens with one attached hydrogen (secondary N) is 1. The zero-order valence-electron chi connectivity index (χ0n) is 15.3. The Morgan fingerprint density at radius 1 is 1.41 bits per heavy atom. The Labute approximate surface area is 157 Å². The third-order valence-electron chi connectivity index (χ3n) is 5.18. The normalized spacial score (nSPS) is 16.1. The van der Waals surface area contributed by atoms with Crippen molar-refractivity contribution in [2.75, 3.05) is 6.54 Å². The number of non-ortho nitro benzene ring substituents is 1. The molecule has 1 aromatic heterocycles. The van der Waals surface area contributed by atoms with E-state index >= 15 is 0 Å². The van der Waals surface area contributed by atoms with Crippen molar-refractivity contribution >= 4 is 11.6 Å². The van der Waals surface area contributed by atoms with Gasteiger partial charge in [-0.15, -0.1) is 5.10 Å². The number of carbonyl (C=O) groups is 1. The van der Waals surface area contributed by atoms with E-state index in [1.165, 1.54) is 36.1 Å². The van der Waals surface area contributed by atoms with Gasteiger partial charge in [0, 0.05) is 24.7 Å². The van der Waals surface area contributed by atoms with Crippen molar-refractivity contribution in [2.24, 2.45) is 11.7 Å². The summed E-state index contributed by atoms with van der Waals surface area (Å²) in [5.74, 6) is 0.0741. The first-order valence-corrected chi connectivity index (χ1v) is 9.19. The lowest BCUT2D eigenvalue weighted by Crippen LogP contribution is -2.46. The van der Waals surface area contributed by atoms with E-state index in [2.05, 4.69) is 15.6 Å². The molecule has 3 rings (SSSR count). The second kappa shape index (κ2) is 8.26. The van der Waals surface area contributed by atoms with Crippen LogP contribution in [0.4, 0.5) is 5.69 Å². The second-order valence-corrected chi connectivity index (χ2v) is 6.93. The molecule has 144 valence electrons. The molecular formula is C18H24N6O3. The third-order valence-corrected chi connectivity index (χ3v) is 5.18. The summed E-state index contributed by atoms with van der Waals surface area (Å²) in [6.45, 7) is 2.10. The van der Waals surface area contributed by atoms with Gasteiger partial charge in [0.05, 0.1) is 16.3 Å². The van der Waals surface area contributed by atoms with Gasteiger partial charge in [0.25, 0.3) is 11.6 Å². The van der Waals surface area contributed by atoms with Gasteiger partial charge in [0.1, 0.15) is 0 Å². The fourth-order valence-electron chi connectivity index (χ4n) is 3.67. The number of carbonyl (C=O) groups excluding carboxylic acids is 1. The number of nitrogens with zero attached hydrogens (tertiary/aromatic N) is 4. The molecular weight excluding hydrogens is 348 g/mol. The van der Waals surface area contributed by atoms with Crippen LogP contribution >= 0.6 is 0 Å². The molecule has 9 nitrogen and oxygen atoms in total. The highest BCUT2D eigenvalue weighted by atomic mass is 16.6. The minimum atomic E-state index is -0.473. The largest absolute Gasteiger partial charge is 0.346 e. The summed E-state index contributed by atoms with van der Waals surface area (Å²) in [5, 5.41) is 22.0. The Bertz CT molecular complexity index is 828. The first-order valence-electron chi connectivity index (χ1n) is 9.19. The van der Waals surface area contributed by atoms with E-state index in [4.69, 9.17) is 5.73 Å². The lowest BCUT2D eigenvalue weighted by Gasteiger charge is -2.29. The number of nitro benzene ring substituents is 1. The van der Waals surface area contributed by atoms with Crippen LogP contribution in [0.1, 0.15) is 48.3 Å². The van der Waals surface area contributed by atoms with E-state index < -0.39 is 4.92 Å². The molecule has 1 aliphatic carbocycles. The maximum Gasteiger partial charge on any atom is 0.274 e. The van der Waals surface area contributed by atoms with Gasteiger partial charge >= 0.3 is 0 Å². The monoisotopic (exact) mass is 372 g/mol. The molecule has 2 aromatic rings. The van der Waals surface area contributed by atoms with Gasteiger partial charge in [-0.1, -0.05) is 30.5 Å². The molecule has 0 bridgehead atoms. The van der Waals surface area contributed by atoms with E-state index in [1.54, 1.807) is 19.1 Å². The molecule has 0 spiro atoms. The Hall–Kier alpha value is -2.81. The zero-order chi connectivity index (χ0) is 19.4. The summed E-state index contributed by atoms with van der Waals surface area (Å²) < 4.78 is 1.43. The van der Waals surface area contributed by atoms with Crippen molar-refractivity contribution in [1.82, 2.24) is 20.3 Å². The molecule has 1 unspecified atom stereocenters. The Kier molecular flexibility index (Phi) is 5.80. The summed E-state index contributed by atoms with van der Waals surface area (Å²) in [4.78, 5) is 23.2. The third kappa shape index (κ3) is 4.13. The van der Waals surface area contributed by atoms with Crippen molar-refractivity contribution < 1.29 is 9.72 Å². The standard InChI is InChI=1S/C18H24N6O3/c1-12-17(18(25)20-16(11-19)13-6-3-2-4-7-13)21-22-23(12)14-8-5-9-15(10-14)24(26)27/h5,8-10,13,16H,2-4,6-7,11,19H2,1H3,(H,20,25). The molecule has 1 aromatic carbocycles. The van der Waals surface area contributed by atoms with Gasteiger partial charge in [0.15, 0.2) is 5.69 Å². The van der Waals surface area contributed by atoms with E-state index in [1.807, 2.05) is 0 Å². The molecule has 9 heteroatoms. The SMILES string of the molecule is Cc1c(C(=O)NC(CN)C2CCCCC2)nnn1-c1cccc([N+](=O)[O-])c1. The quantitative estimate of drug-likeness (QED) is 0.590. The highest BCUT2D eigenvalue weighted by molar-refractivity contribution is 5.93. The van der Waals surface area contributed by atoms with Crippen LogP contribution in [0, 0.1) is 23.0 Å². The Morgan fingerprint density at radius 2 is 2.15 bits per heavy atom. The maximum absolute atomic E-state index is 12.7. The molecule has 27 heavy (non-hydrogen) atoms. The number of nitro groups is 1. The van der Waals surface area contributed by atoms with E-state index in [0.717, 1.165) is 12.8 Å². The van der Waals surface area contributed by atoms with Gasteiger partial charge in [0.2, 0.25) is 0 Å². The summed E-state index contributed by atoms with van der Waals surface area (Å²) in [6.07, 6.45) is 5.71. The zero-order valence-corrected chi connectivity index (χ0v) is 15.3. The molecule has 1 atom stereocenters. The van der Waals surface area contributed by atoms with Crippen LogP contribution in [-0.4, -0.2) is 38.4 Å². The summed E-state index contributed by atoms with van der Waals surface area (Å²) >= 11 is 0. The number of nitrogens with two attached hydrogens (primary N) is 1. The van der Waals surface area contributed by atoms with Crippen LogP contribution < -0.4 is 11.1 Å². The van der Waals surface area contributed by atoms with Gasteiger partial charge < -0.3 is 11.1 Å². The van der Waals surface area contributed by atoms with E-state index in [-0.39, 0.29) is 23.3 Å². The number of hydrogen-bond acceptors (Lipinski definition) is 6. The van der Waals surface area contributed by atoms with Gasteiger partial charge in [-0.05, 0) is 31.7 Å². The van der Waals surface area contributed by atoms with Gasteiger partial charge in [-0.3, -0.25) is 14.9 Å². The second-order valence-electron chi connectivity index (χ2n) is 6.93. The topological polar surface area (TPSA) is 129 Å². The van der Waals surface area contributed by atoms with Crippen molar-refractivity contribution in [3.05, 3.63) is 45.8 Å². The molecule has 0 aliphatic heterocycles. The van der Waals surface area contributed by atoms with E-state index in [9.17, 15) is 14.9 Å². The molecule has 1 saturated carbocycles. The Morgan fingerprint density at radius 3 is 2.81 bits per heavy atom. The van der Waals surface area contributed by atoms with Crippen LogP contribution in [-0.2, 0) is 0 Å². The smallest absolute Gasteiger partial charge is 0.274 e. The van der Waals surface area contributed by atoms with Crippen LogP contribution in [0.25, 0.3) is 5.69 Å². The van der Waals surface area contributed by atoms with Crippen LogP contribution in [0.2, 0.25) is 0 Å². The van der Waals surface area contributed by atoms with Crippen LogP contribution in [0.15, 0.2) is 24.3 Å². The summed E-state index contributed by atoms with van der Waals surface area (Å²) in [7, 11) is 0. The van der Waals surface area contributed by atoms with Crippen molar-refractivity contribution in [3.8, 4) is 5.69 Å². The average Bonchev–Trinajstić information content (AvgIpc) is 3.08. The number of benzene rings is 1. The van der Waals surface area contributed by atoms with E-state index in [0.29, 0.717) is 23.8 Å². The van der Waals surface area contributed by atoms with Gasteiger partial charge in [-0.25, -0.2) is 4.68 Å². The predicted octanol–water partition coefficient (Wildman–Crippen LogP) is 2.12. The summed E-state index contributed by atoms with van der Waals surface area (Å²) in [6, 6.07) is 5.97. The molecule has 1 heterocycles. The number of amides is 1. The van der Waals surface area contributed by atoms with Crippen LogP contribution in [0.3, 0.4) is 0 Å². The molecule has 1 aliphatic rings.